The Bertz CT molecular complexity index is 615. The molecule has 0 aliphatic rings. The standard InChI is InChI=1S/C18H21BrO2/c1-18(2,3)15-7-5-6-8-17(15)21-12-13-11-14(19)9-10-16(13)20-4/h5-11H,12H2,1-4H3. The van der Waals surface area contributed by atoms with Crippen molar-refractivity contribution in [2.45, 2.75) is 32.8 Å². The Morgan fingerprint density at radius 2 is 1.71 bits per heavy atom. The number of rotatable bonds is 4. The van der Waals surface area contributed by atoms with Crippen LogP contribution in [0.3, 0.4) is 0 Å². The lowest BCUT2D eigenvalue weighted by Crippen LogP contribution is -2.13. The van der Waals surface area contributed by atoms with Crippen LogP contribution >= 0.6 is 15.9 Å². The van der Waals surface area contributed by atoms with Gasteiger partial charge in [-0.15, -0.1) is 0 Å². The molecule has 112 valence electrons. The van der Waals surface area contributed by atoms with E-state index >= 15 is 0 Å². The molecule has 0 aliphatic heterocycles. The molecule has 2 nitrogen and oxygen atoms in total. The van der Waals surface area contributed by atoms with E-state index in [0.29, 0.717) is 6.61 Å². The zero-order valence-corrected chi connectivity index (χ0v) is 14.5. The van der Waals surface area contributed by atoms with Crippen LogP contribution in [0.4, 0.5) is 0 Å². The van der Waals surface area contributed by atoms with Crippen LogP contribution in [0.25, 0.3) is 0 Å². The van der Waals surface area contributed by atoms with E-state index in [1.165, 1.54) is 5.56 Å². The summed E-state index contributed by atoms with van der Waals surface area (Å²) in [5, 5.41) is 0. The van der Waals surface area contributed by atoms with Crippen molar-refractivity contribution < 1.29 is 9.47 Å². The van der Waals surface area contributed by atoms with Crippen molar-refractivity contribution in [3.8, 4) is 11.5 Å². The molecule has 0 aromatic heterocycles. The minimum atomic E-state index is 0.0535. The van der Waals surface area contributed by atoms with Gasteiger partial charge in [-0.05, 0) is 35.2 Å². The average molecular weight is 349 g/mol. The fourth-order valence-electron chi connectivity index (χ4n) is 2.23. The molecule has 0 bridgehead atoms. The van der Waals surface area contributed by atoms with Crippen molar-refractivity contribution in [3.63, 3.8) is 0 Å². The van der Waals surface area contributed by atoms with E-state index < -0.39 is 0 Å². The smallest absolute Gasteiger partial charge is 0.125 e. The fourth-order valence-corrected chi connectivity index (χ4v) is 2.64. The minimum Gasteiger partial charge on any atom is -0.496 e. The number of methoxy groups -OCH3 is 1. The second kappa shape index (κ2) is 6.52. The van der Waals surface area contributed by atoms with Crippen LogP contribution < -0.4 is 9.47 Å². The monoisotopic (exact) mass is 348 g/mol. The van der Waals surface area contributed by atoms with Crippen LogP contribution in [0, 0.1) is 0 Å². The highest BCUT2D eigenvalue weighted by Crippen LogP contribution is 2.32. The highest BCUT2D eigenvalue weighted by atomic mass is 79.9. The zero-order chi connectivity index (χ0) is 15.5. The normalized spacial score (nSPS) is 11.3. The number of ether oxygens (including phenoxy) is 2. The third kappa shape index (κ3) is 4.01. The van der Waals surface area contributed by atoms with Gasteiger partial charge in [0.15, 0.2) is 0 Å². The van der Waals surface area contributed by atoms with E-state index in [4.69, 9.17) is 9.47 Å². The van der Waals surface area contributed by atoms with Gasteiger partial charge in [0, 0.05) is 10.0 Å². The molecule has 2 rings (SSSR count). The lowest BCUT2D eigenvalue weighted by Gasteiger charge is -2.23. The van der Waals surface area contributed by atoms with Crippen LogP contribution in [0.5, 0.6) is 11.5 Å². The lowest BCUT2D eigenvalue weighted by atomic mass is 9.86. The maximum atomic E-state index is 6.05. The Balaban J connectivity index is 2.23. The summed E-state index contributed by atoms with van der Waals surface area (Å²) in [6.45, 7) is 7.05. The average Bonchev–Trinajstić information content (AvgIpc) is 2.44. The molecule has 2 aromatic rings. The van der Waals surface area contributed by atoms with E-state index in [0.717, 1.165) is 21.5 Å². The van der Waals surface area contributed by atoms with Gasteiger partial charge in [-0.3, -0.25) is 0 Å². The third-order valence-corrected chi connectivity index (χ3v) is 3.81. The molecule has 0 fully saturated rings. The van der Waals surface area contributed by atoms with Gasteiger partial charge in [0.2, 0.25) is 0 Å². The summed E-state index contributed by atoms with van der Waals surface area (Å²) in [7, 11) is 1.68. The summed E-state index contributed by atoms with van der Waals surface area (Å²) in [6, 6.07) is 14.1. The van der Waals surface area contributed by atoms with Gasteiger partial charge in [0.05, 0.1) is 7.11 Å². The van der Waals surface area contributed by atoms with Crippen LogP contribution in [0.15, 0.2) is 46.9 Å². The molecule has 0 saturated carbocycles. The molecular formula is C18H21BrO2. The SMILES string of the molecule is COc1ccc(Br)cc1COc1ccccc1C(C)(C)C. The maximum Gasteiger partial charge on any atom is 0.125 e. The number of benzene rings is 2. The highest BCUT2D eigenvalue weighted by Gasteiger charge is 2.18. The zero-order valence-electron chi connectivity index (χ0n) is 12.9. The van der Waals surface area contributed by atoms with Gasteiger partial charge in [-0.25, -0.2) is 0 Å². The van der Waals surface area contributed by atoms with Gasteiger partial charge in [0.25, 0.3) is 0 Å². The maximum absolute atomic E-state index is 6.05. The van der Waals surface area contributed by atoms with Gasteiger partial charge in [0.1, 0.15) is 18.1 Å². The first-order valence-electron chi connectivity index (χ1n) is 6.96. The fraction of sp³-hybridized carbons (Fsp3) is 0.333. The first-order valence-corrected chi connectivity index (χ1v) is 7.76. The van der Waals surface area contributed by atoms with Crippen molar-refractivity contribution in [1.29, 1.82) is 0 Å². The molecule has 0 amide bonds. The Morgan fingerprint density at radius 1 is 1.00 bits per heavy atom. The molecule has 0 atom stereocenters. The minimum absolute atomic E-state index is 0.0535. The third-order valence-electron chi connectivity index (χ3n) is 3.32. The Morgan fingerprint density at radius 3 is 2.38 bits per heavy atom. The topological polar surface area (TPSA) is 18.5 Å². The molecule has 0 heterocycles. The molecule has 0 spiro atoms. The van der Waals surface area contributed by atoms with Gasteiger partial charge in [-0.2, -0.15) is 0 Å². The van der Waals surface area contributed by atoms with Crippen molar-refractivity contribution in [1.82, 2.24) is 0 Å². The van der Waals surface area contributed by atoms with Crippen molar-refractivity contribution in [2.75, 3.05) is 7.11 Å². The molecular weight excluding hydrogens is 328 g/mol. The number of hydrogen-bond donors (Lipinski definition) is 0. The summed E-state index contributed by atoms with van der Waals surface area (Å²) in [6.07, 6.45) is 0. The Hall–Kier alpha value is -1.48. The van der Waals surface area contributed by atoms with Crippen LogP contribution in [0.2, 0.25) is 0 Å². The summed E-state index contributed by atoms with van der Waals surface area (Å²) in [5.74, 6) is 1.76. The summed E-state index contributed by atoms with van der Waals surface area (Å²) in [5.41, 5.74) is 2.28. The molecule has 0 saturated heterocycles. The number of halogens is 1. The van der Waals surface area contributed by atoms with E-state index in [2.05, 4.69) is 42.8 Å². The second-order valence-electron chi connectivity index (χ2n) is 5.99. The Labute approximate surface area is 135 Å². The summed E-state index contributed by atoms with van der Waals surface area (Å²) in [4.78, 5) is 0. The largest absolute Gasteiger partial charge is 0.496 e. The molecule has 0 N–H and O–H groups in total. The second-order valence-corrected chi connectivity index (χ2v) is 6.91. The first kappa shape index (κ1) is 15.9. The van der Waals surface area contributed by atoms with Crippen LogP contribution in [0.1, 0.15) is 31.9 Å². The number of para-hydroxylation sites is 1. The molecule has 2 aromatic carbocycles. The summed E-state index contributed by atoms with van der Waals surface area (Å²) >= 11 is 3.49. The van der Waals surface area contributed by atoms with Crippen LogP contribution in [-0.2, 0) is 12.0 Å². The van der Waals surface area contributed by atoms with Crippen molar-refractivity contribution >= 4 is 15.9 Å². The first-order chi connectivity index (χ1) is 9.91. The molecule has 0 unspecified atom stereocenters. The number of hydrogen-bond acceptors (Lipinski definition) is 2. The van der Waals surface area contributed by atoms with Crippen LogP contribution in [-0.4, -0.2) is 7.11 Å². The van der Waals surface area contributed by atoms with E-state index in [1.807, 2.05) is 36.4 Å². The highest BCUT2D eigenvalue weighted by molar-refractivity contribution is 9.10. The molecule has 3 heteroatoms. The molecule has 0 radical (unpaired) electrons. The van der Waals surface area contributed by atoms with Crippen molar-refractivity contribution in [3.05, 3.63) is 58.1 Å². The summed E-state index contributed by atoms with van der Waals surface area (Å²) < 4.78 is 12.5. The Kier molecular flexibility index (Phi) is 4.94. The van der Waals surface area contributed by atoms with Crippen molar-refractivity contribution in [2.24, 2.45) is 0 Å². The van der Waals surface area contributed by atoms with E-state index in [-0.39, 0.29) is 5.41 Å². The van der Waals surface area contributed by atoms with E-state index in [1.54, 1.807) is 7.11 Å². The lowest BCUT2D eigenvalue weighted by molar-refractivity contribution is 0.289. The van der Waals surface area contributed by atoms with Gasteiger partial charge in [-0.1, -0.05) is 54.9 Å². The molecule has 21 heavy (non-hydrogen) atoms. The van der Waals surface area contributed by atoms with Gasteiger partial charge < -0.3 is 9.47 Å². The predicted octanol–water partition coefficient (Wildman–Crippen LogP) is 5.33. The predicted molar refractivity (Wildman–Crippen MR) is 90.2 cm³/mol. The molecule has 0 aliphatic carbocycles. The quantitative estimate of drug-likeness (QED) is 0.742. The van der Waals surface area contributed by atoms with Gasteiger partial charge >= 0.3 is 0 Å². The van der Waals surface area contributed by atoms with E-state index in [9.17, 15) is 0 Å².